The molecule has 4 fully saturated rings. The Kier molecular flexibility index (Phi) is 30.8. The minimum Gasteiger partial charge on any atom is -0.479 e. The molecule has 16 N–H and O–H groups in total. The maximum absolute atomic E-state index is 17.0. The fraction of sp³-hybridized carbons (Fsp3) is 0.758. The van der Waals surface area contributed by atoms with E-state index < -0.39 is 175 Å². The third kappa shape index (κ3) is 20.5. The maximum atomic E-state index is 17.0. The van der Waals surface area contributed by atoms with Crippen molar-refractivity contribution < 1.29 is 123 Å². The van der Waals surface area contributed by atoms with Gasteiger partial charge >= 0.3 is 11.9 Å². The lowest BCUT2D eigenvalue weighted by Crippen LogP contribution is -2.61. The van der Waals surface area contributed by atoms with E-state index in [-0.39, 0.29) is 50.7 Å². The number of aromatic nitrogens is 2. The number of nitrogens with zero attached hydrogens (tertiary/aromatic N) is 5. The molecular formula is C62H99FN8O24S. The Morgan fingerprint density at radius 1 is 0.948 bits per heavy atom. The van der Waals surface area contributed by atoms with Crippen molar-refractivity contribution in [3.8, 4) is 10.6 Å². The van der Waals surface area contributed by atoms with Crippen molar-refractivity contribution in [3.63, 3.8) is 0 Å². The first-order chi connectivity index (χ1) is 45.0. The van der Waals surface area contributed by atoms with E-state index in [9.17, 15) is 64.8 Å². The second-order valence-electron chi connectivity index (χ2n) is 25.5. The lowest BCUT2D eigenvalue weighted by molar-refractivity contribution is -0.326. The monoisotopic (exact) mass is 1390 g/mol. The number of ether oxygens (including phenoxy) is 7. The molecule has 0 spiro atoms. The van der Waals surface area contributed by atoms with E-state index in [1.165, 1.54) is 25.2 Å². The van der Waals surface area contributed by atoms with Crippen LogP contribution in [0.2, 0.25) is 0 Å². The van der Waals surface area contributed by atoms with Gasteiger partial charge in [0.15, 0.2) is 31.1 Å². The van der Waals surface area contributed by atoms with Crippen molar-refractivity contribution >= 4 is 58.1 Å². The van der Waals surface area contributed by atoms with Crippen LogP contribution >= 0.6 is 11.3 Å². The average molecular weight is 1390 g/mol. The summed E-state index contributed by atoms with van der Waals surface area (Å²) in [7, 11) is 3.62. The SMILES string of the molecule is CCC(=O)N=C1[C@H](C)C[C@@]2(C)OC/C(=N/OCc3ccc(-c4nc(NC(=O)[C@@H](N)CCCCN)cs4)cn3)CO[C@@H]([C@H]1C)[C@](C)(O)[C@@H](CC)OC(=O)[C@@](C)(F)C(=O)[C@H](C)[C@H]2O[C@@H]1O[C@H](C)C[C@H](N(C)C)[C@H]1O.O=C(O)[C@H](O)[C@@H](O)[C@H](O[C@H]1O[C@H](CO)[C@H](O)[C@H](O)[C@H]1O)[C@H](O)CO. The Labute approximate surface area is 560 Å². The minimum atomic E-state index is -3.25. The summed E-state index contributed by atoms with van der Waals surface area (Å²) in [6, 6.07) is 2.41. The molecule has 0 aliphatic carbocycles. The van der Waals surface area contributed by atoms with E-state index in [2.05, 4.69) is 25.4 Å². The van der Waals surface area contributed by atoms with Gasteiger partial charge in [-0.3, -0.25) is 19.4 Å². The van der Waals surface area contributed by atoms with Gasteiger partial charge in [0.2, 0.25) is 11.8 Å². The second kappa shape index (κ2) is 36.3. The van der Waals surface area contributed by atoms with Crippen LogP contribution in [0.4, 0.5) is 10.2 Å². The molecule has 23 atom stereocenters. The highest BCUT2D eigenvalue weighted by Crippen LogP contribution is 2.41. The van der Waals surface area contributed by atoms with Crippen LogP contribution in [0.5, 0.6) is 0 Å². The lowest BCUT2D eigenvalue weighted by atomic mass is 9.73. The molecule has 6 rings (SSSR count). The standard InChI is InChI=1S/C50H77FN8O12S.C12H22O12/c1-12-36-50(9,65)43-29(5)39(57-38(60)13-2)27(3)21-48(7,42(30(6)41(62)49(8,51)47(64)70-36)71-46-40(61)35(59(10)11)20-28(4)69-46)67-24-33(23-66-43)58-68-25-32-18-17-31(22-54-32)45-56-37(26-72-45)55-44(63)34(53)16-14-15-19-52;13-1-3(15)10(7(18)8(19)11(21)22)24-12-9(20)6(17)5(16)4(2-14)23-12/h17-18,22,26-30,34-36,40,42-43,46,61,65H,12-16,19-21,23-25,52-53H2,1-11H3,(H,55,63);3-10,12-20H,1-2H2,(H,21,22)/b57-39?,58-33+;/t27-,28-,29+,30+,34+,35+,36-,40-,42-,43+,46+,48-,49+,50-;3-,4-,5+,6+,7-,8-,9-,10-,12-/m11/s1. The van der Waals surface area contributed by atoms with Gasteiger partial charge < -0.3 is 116 Å². The predicted octanol–water partition coefficient (Wildman–Crippen LogP) is -1.15. The number of nitrogens with two attached hydrogens (primary N) is 2. The number of likely N-dealkylation sites (N-methyl/N-ethyl adjacent to an activating group) is 1. The van der Waals surface area contributed by atoms with Crippen LogP contribution in [0.25, 0.3) is 10.6 Å². The zero-order valence-corrected chi connectivity index (χ0v) is 56.8. The largest absolute Gasteiger partial charge is 0.479 e. The van der Waals surface area contributed by atoms with Gasteiger partial charge in [-0.1, -0.05) is 46.2 Å². The normalized spacial score (nSPS) is 35.0. The van der Waals surface area contributed by atoms with E-state index >= 15 is 4.39 Å². The molecule has 4 saturated heterocycles. The number of carbonyl (C=O) groups excluding carboxylic acids is 4. The molecule has 0 saturated carbocycles. The number of amides is 2. The van der Waals surface area contributed by atoms with Crippen LogP contribution in [0.3, 0.4) is 0 Å². The number of unbranched alkanes of at least 4 members (excludes halogenated alkanes) is 1. The summed E-state index contributed by atoms with van der Waals surface area (Å²) in [4.78, 5) is 86.5. The number of aliphatic carboxylic acids is 1. The first kappa shape index (κ1) is 81.5. The summed E-state index contributed by atoms with van der Waals surface area (Å²) in [6.45, 7) is 11.9. The van der Waals surface area contributed by atoms with Crippen molar-refractivity contribution in [1.82, 2.24) is 14.9 Å². The van der Waals surface area contributed by atoms with Gasteiger partial charge in [-0.15, -0.1) is 11.3 Å². The smallest absolute Gasteiger partial charge is 0.351 e. The highest BCUT2D eigenvalue weighted by molar-refractivity contribution is 7.13. The summed E-state index contributed by atoms with van der Waals surface area (Å²) < 4.78 is 59.1. The van der Waals surface area contributed by atoms with Crippen LogP contribution in [-0.4, -0.2) is 280 Å². The first-order valence-electron chi connectivity index (χ1n) is 31.9. The molecule has 4 aliphatic heterocycles. The van der Waals surface area contributed by atoms with Crippen molar-refractivity contribution in [3.05, 3.63) is 29.4 Å². The molecule has 4 aliphatic rings. The Hall–Kier alpha value is -5.16. The van der Waals surface area contributed by atoms with E-state index in [0.717, 1.165) is 19.8 Å². The van der Waals surface area contributed by atoms with Crippen molar-refractivity contribution in [2.75, 3.05) is 52.4 Å². The number of halogens is 1. The predicted molar refractivity (Wildman–Crippen MR) is 340 cm³/mol. The number of rotatable bonds is 23. The van der Waals surface area contributed by atoms with E-state index in [4.69, 9.17) is 64.8 Å². The van der Waals surface area contributed by atoms with Crippen LogP contribution in [0, 0.1) is 17.8 Å². The number of carboxylic acid groups (broad SMARTS) is 1. The zero-order chi connectivity index (χ0) is 71.9. The summed E-state index contributed by atoms with van der Waals surface area (Å²) >= 11 is 1.32. The zero-order valence-electron chi connectivity index (χ0n) is 56.0. The molecule has 0 radical (unpaired) electrons. The number of oxime groups is 1. The summed E-state index contributed by atoms with van der Waals surface area (Å²) in [5.41, 5.74) is 6.32. The molecule has 0 aromatic carbocycles. The number of Topliss-reactive ketones (excluding diaryl/α,β-unsaturated/α-hetero) is 1. The number of carboxylic acids is 1. The first-order valence-corrected chi connectivity index (χ1v) is 32.8. The number of hydrogen-bond acceptors (Lipinski definition) is 30. The minimum absolute atomic E-state index is 0.0232. The number of anilines is 1. The molecule has 2 aromatic rings. The molecule has 2 amide bonds. The van der Waals surface area contributed by atoms with Gasteiger partial charge in [-0.2, -0.15) is 0 Å². The number of aliphatic imine (C=N–C) groups is 1. The van der Waals surface area contributed by atoms with Crippen LogP contribution in [-0.2, 0) is 68.6 Å². The second-order valence-corrected chi connectivity index (χ2v) is 26.4. The molecule has 34 heteroatoms. The van der Waals surface area contributed by atoms with Crippen LogP contribution < -0.4 is 16.8 Å². The summed E-state index contributed by atoms with van der Waals surface area (Å²) in [6.07, 6.45) is -20.0. The van der Waals surface area contributed by atoms with Gasteiger partial charge in [0, 0.05) is 47.2 Å². The fourth-order valence-electron chi connectivity index (χ4n) is 12.0. The molecule has 2 bridgehead atoms. The highest BCUT2D eigenvalue weighted by atomic mass is 32.1. The lowest BCUT2D eigenvalue weighted by Gasteiger charge is -2.47. The van der Waals surface area contributed by atoms with Crippen molar-refractivity contribution in [2.24, 2.45) is 39.4 Å². The number of thiazole rings is 1. The molecule has 544 valence electrons. The highest BCUT2D eigenvalue weighted by Gasteiger charge is 2.57. The number of hydrogen-bond donors (Lipinski definition) is 14. The quantitative estimate of drug-likeness (QED) is 0.0270. The average Bonchev–Trinajstić information content (AvgIpc) is 1.01. The van der Waals surface area contributed by atoms with Gasteiger partial charge in [0.1, 0.15) is 77.1 Å². The Balaban J connectivity index is 0.000000583. The number of carbonyl (C=O) groups is 5. The number of fused-ring (bicyclic) bond motifs is 5. The van der Waals surface area contributed by atoms with E-state index in [0.29, 0.717) is 47.2 Å². The van der Waals surface area contributed by atoms with E-state index in [1.54, 1.807) is 51.4 Å². The maximum Gasteiger partial charge on any atom is 0.351 e. The number of alkyl halides is 1. The van der Waals surface area contributed by atoms with Gasteiger partial charge in [-0.05, 0) is 98.5 Å². The molecule has 2 aromatic heterocycles. The molecule has 96 heavy (non-hydrogen) atoms. The number of pyridine rings is 1. The van der Waals surface area contributed by atoms with Crippen LogP contribution in [0.15, 0.2) is 33.9 Å². The third-order valence-corrected chi connectivity index (χ3v) is 18.5. The number of aliphatic hydroxyl groups excluding tert-OH is 9. The summed E-state index contributed by atoms with van der Waals surface area (Å²) in [5, 5.41) is 118. The number of ketones is 1. The Bertz CT molecular complexity index is 2910. The molecule has 0 unspecified atom stereocenters. The number of nitrogens with one attached hydrogen (secondary N) is 1. The van der Waals surface area contributed by atoms with Gasteiger partial charge in [0.25, 0.3) is 5.67 Å². The number of aliphatic hydroxyl groups is 10. The molecule has 6 heterocycles. The third-order valence-electron chi connectivity index (χ3n) is 17.6. The topological polar surface area (TPSA) is 500 Å². The van der Waals surface area contributed by atoms with Gasteiger partial charge in [-0.25, -0.2) is 24.0 Å². The Morgan fingerprint density at radius 3 is 2.23 bits per heavy atom. The van der Waals surface area contributed by atoms with Gasteiger partial charge in [0.05, 0.1) is 62.1 Å². The van der Waals surface area contributed by atoms with Crippen molar-refractivity contribution in [1.29, 1.82) is 0 Å². The fourth-order valence-corrected chi connectivity index (χ4v) is 12.7. The summed E-state index contributed by atoms with van der Waals surface area (Å²) in [5.74, 6) is -7.97. The molecular weight excluding hydrogens is 1290 g/mol. The van der Waals surface area contributed by atoms with Crippen molar-refractivity contribution in [2.45, 2.75) is 235 Å². The molecule has 32 nitrogen and oxygen atoms in total. The van der Waals surface area contributed by atoms with Crippen LogP contribution in [0.1, 0.15) is 113 Å². The number of esters is 1. The number of cyclic esters (lactones) is 1. The Morgan fingerprint density at radius 2 is 1.64 bits per heavy atom. The van der Waals surface area contributed by atoms with E-state index in [1.807, 2.05) is 32.8 Å².